The average Bonchev–Trinajstić information content (AvgIpc) is 3.09. The standard InChI is InChI=1S/C20H24FNO/c1-22(2)12-19-15-4-7-17(10-15)20(19,23)16-6-3-14-11-18(21)8-5-13(14)9-16/h3,5-6,8-9,11,15,17,19,23H,4,7,10,12H2,1-2H3. The summed E-state index contributed by atoms with van der Waals surface area (Å²) in [6, 6.07) is 10.9. The highest BCUT2D eigenvalue weighted by Gasteiger charge is 2.57. The third-order valence-electron chi connectivity index (χ3n) is 6.06. The topological polar surface area (TPSA) is 23.5 Å². The number of aliphatic hydroxyl groups is 1. The van der Waals surface area contributed by atoms with Gasteiger partial charge in [0.2, 0.25) is 0 Å². The van der Waals surface area contributed by atoms with Crippen LogP contribution in [0, 0.1) is 23.6 Å². The van der Waals surface area contributed by atoms with E-state index in [9.17, 15) is 9.50 Å². The number of benzene rings is 2. The van der Waals surface area contributed by atoms with Crippen molar-refractivity contribution in [2.24, 2.45) is 17.8 Å². The normalized spacial score (nSPS) is 33.0. The van der Waals surface area contributed by atoms with Gasteiger partial charge in [-0.3, -0.25) is 0 Å². The van der Waals surface area contributed by atoms with E-state index in [0.29, 0.717) is 11.8 Å². The lowest BCUT2D eigenvalue weighted by Gasteiger charge is -2.41. The molecule has 122 valence electrons. The third-order valence-corrected chi connectivity index (χ3v) is 6.06. The number of hydrogen-bond acceptors (Lipinski definition) is 2. The van der Waals surface area contributed by atoms with Crippen molar-refractivity contribution in [1.82, 2.24) is 4.90 Å². The molecule has 2 fully saturated rings. The van der Waals surface area contributed by atoms with Gasteiger partial charge in [0, 0.05) is 12.5 Å². The molecule has 0 aromatic heterocycles. The summed E-state index contributed by atoms with van der Waals surface area (Å²) in [5.41, 5.74) is 0.270. The highest BCUT2D eigenvalue weighted by molar-refractivity contribution is 5.83. The largest absolute Gasteiger partial charge is 0.385 e. The fourth-order valence-electron chi connectivity index (χ4n) is 5.04. The first-order valence-corrected chi connectivity index (χ1v) is 8.55. The van der Waals surface area contributed by atoms with Crippen molar-refractivity contribution in [3.05, 3.63) is 47.8 Å². The van der Waals surface area contributed by atoms with Gasteiger partial charge in [0.1, 0.15) is 5.82 Å². The number of fused-ring (bicyclic) bond motifs is 3. The molecule has 2 saturated carbocycles. The van der Waals surface area contributed by atoms with E-state index >= 15 is 0 Å². The van der Waals surface area contributed by atoms with Crippen LogP contribution in [0.4, 0.5) is 4.39 Å². The minimum atomic E-state index is -0.740. The van der Waals surface area contributed by atoms with Crippen LogP contribution in [-0.2, 0) is 5.60 Å². The van der Waals surface area contributed by atoms with E-state index in [2.05, 4.69) is 25.1 Å². The van der Waals surface area contributed by atoms with Crippen LogP contribution in [0.3, 0.4) is 0 Å². The molecule has 0 amide bonds. The maximum Gasteiger partial charge on any atom is 0.123 e. The molecule has 0 spiro atoms. The van der Waals surface area contributed by atoms with Gasteiger partial charge in [-0.2, -0.15) is 0 Å². The molecule has 0 aliphatic heterocycles. The molecule has 0 radical (unpaired) electrons. The van der Waals surface area contributed by atoms with E-state index in [0.717, 1.165) is 35.7 Å². The molecular weight excluding hydrogens is 289 g/mol. The SMILES string of the molecule is CN(C)CC1C2CCC(C2)C1(O)c1ccc2cc(F)ccc2c1. The van der Waals surface area contributed by atoms with Gasteiger partial charge in [0.15, 0.2) is 0 Å². The average molecular weight is 313 g/mol. The van der Waals surface area contributed by atoms with Crippen LogP contribution in [0.5, 0.6) is 0 Å². The molecule has 23 heavy (non-hydrogen) atoms. The smallest absolute Gasteiger partial charge is 0.123 e. The van der Waals surface area contributed by atoms with Gasteiger partial charge in [-0.1, -0.05) is 18.2 Å². The second kappa shape index (κ2) is 5.29. The summed E-state index contributed by atoms with van der Waals surface area (Å²) in [7, 11) is 4.16. The monoisotopic (exact) mass is 313 g/mol. The molecule has 0 heterocycles. The van der Waals surface area contributed by atoms with Crippen molar-refractivity contribution in [2.45, 2.75) is 24.9 Å². The molecule has 2 aromatic carbocycles. The summed E-state index contributed by atoms with van der Waals surface area (Å²) in [5.74, 6) is 1.05. The van der Waals surface area contributed by atoms with Crippen molar-refractivity contribution in [2.75, 3.05) is 20.6 Å². The van der Waals surface area contributed by atoms with E-state index < -0.39 is 5.60 Å². The Morgan fingerprint density at radius 2 is 1.87 bits per heavy atom. The van der Waals surface area contributed by atoms with Crippen LogP contribution in [-0.4, -0.2) is 30.6 Å². The summed E-state index contributed by atoms with van der Waals surface area (Å²) in [6.45, 7) is 0.916. The molecule has 4 unspecified atom stereocenters. The number of halogens is 1. The molecule has 3 heteroatoms. The quantitative estimate of drug-likeness (QED) is 0.932. The first kappa shape index (κ1) is 15.1. The predicted octanol–water partition coefficient (Wildman–Crippen LogP) is 3.77. The zero-order chi connectivity index (χ0) is 16.2. The first-order valence-electron chi connectivity index (χ1n) is 8.55. The highest BCUT2D eigenvalue weighted by Crippen LogP contribution is 2.59. The van der Waals surface area contributed by atoms with E-state index in [-0.39, 0.29) is 11.7 Å². The summed E-state index contributed by atoms with van der Waals surface area (Å²) < 4.78 is 13.4. The second-order valence-corrected chi connectivity index (χ2v) is 7.67. The molecule has 0 saturated heterocycles. The Morgan fingerprint density at radius 1 is 1.13 bits per heavy atom. The maximum absolute atomic E-state index is 13.4. The van der Waals surface area contributed by atoms with E-state index in [1.54, 1.807) is 6.07 Å². The van der Waals surface area contributed by atoms with Gasteiger partial charge in [-0.15, -0.1) is 0 Å². The molecule has 1 N–H and O–H groups in total. The van der Waals surface area contributed by atoms with Crippen molar-refractivity contribution >= 4 is 10.8 Å². The minimum Gasteiger partial charge on any atom is -0.385 e. The number of rotatable bonds is 3. The van der Waals surface area contributed by atoms with Gasteiger partial charge in [0.05, 0.1) is 5.60 Å². The Kier molecular flexibility index (Phi) is 3.47. The lowest BCUT2D eigenvalue weighted by molar-refractivity contribution is -0.0730. The Balaban J connectivity index is 1.79. The van der Waals surface area contributed by atoms with Crippen molar-refractivity contribution in [1.29, 1.82) is 0 Å². The maximum atomic E-state index is 13.4. The molecule has 2 aromatic rings. The Hall–Kier alpha value is -1.45. The molecule has 4 rings (SSSR count). The first-order chi connectivity index (χ1) is 11.0. The van der Waals surface area contributed by atoms with E-state index in [1.165, 1.54) is 12.5 Å². The van der Waals surface area contributed by atoms with Crippen molar-refractivity contribution in [3.8, 4) is 0 Å². The molecule has 2 aliphatic carbocycles. The van der Waals surface area contributed by atoms with Gasteiger partial charge in [-0.25, -0.2) is 4.39 Å². The number of nitrogens with zero attached hydrogens (tertiary/aromatic N) is 1. The number of hydrogen-bond donors (Lipinski definition) is 1. The summed E-state index contributed by atoms with van der Waals surface area (Å²) >= 11 is 0. The molecule has 2 nitrogen and oxygen atoms in total. The predicted molar refractivity (Wildman–Crippen MR) is 90.7 cm³/mol. The van der Waals surface area contributed by atoms with Crippen LogP contribution in [0.1, 0.15) is 24.8 Å². The minimum absolute atomic E-state index is 0.214. The Bertz CT molecular complexity index is 743. The van der Waals surface area contributed by atoms with Crippen LogP contribution in [0.25, 0.3) is 10.8 Å². The zero-order valence-electron chi connectivity index (χ0n) is 13.8. The van der Waals surface area contributed by atoms with Gasteiger partial charge < -0.3 is 10.0 Å². The summed E-state index contributed by atoms with van der Waals surface area (Å²) in [5, 5.41) is 13.6. The van der Waals surface area contributed by atoms with Gasteiger partial charge in [0.25, 0.3) is 0 Å². The van der Waals surface area contributed by atoms with Gasteiger partial charge >= 0.3 is 0 Å². The van der Waals surface area contributed by atoms with Crippen molar-refractivity contribution < 1.29 is 9.50 Å². The highest BCUT2D eigenvalue weighted by atomic mass is 19.1. The van der Waals surface area contributed by atoms with Crippen LogP contribution in [0.15, 0.2) is 36.4 Å². The summed E-state index contributed by atoms with van der Waals surface area (Å²) in [6.07, 6.45) is 3.49. The third kappa shape index (κ3) is 2.29. The molecular formula is C20H24FNO. The Morgan fingerprint density at radius 3 is 2.65 bits per heavy atom. The molecule has 4 atom stereocenters. The fraction of sp³-hybridized carbons (Fsp3) is 0.500. The van der Waals surface area contributed by atoms with Crippen LogP contribution < -0.4 is 0 Å². The second-order valence-electron chi connectivity index (χ2n) is 7.67. The van der Waals surface area contributed by atoms with Crippen LogP contribution in [0.2, 0.25) is 0 Å². The fourth-order valence-corrected chi connectivity index (χ4v) is 5.04. The van der Waals surface area contributed by atoms with E-state index in [1.807, 2.05) is 18.2 Å². The van der Waals surface area contributed by atoms with Gasteiger partial charge in [-0.05, 0) is 79.7 Å². The van der Waals surface area contributed by atoms with E-state index in [4.69, 9.17) is 0 Å². The molecule has 2 aliphatic rings. The zero-order valence-corrected chi connectivity index (χ0v) is 13.8. The lowest BCUT2D eigenvalue weighted by atomic mass is 9.71. The van der Waals surface area contributed by atoms with Crippen molar-refractivity contribution in [3.63, 3.8) is 0 Å². The Labute approximate surface area is 136 Å². The summed E-state index contributed by atoms with van der Waals surface area (Å²) in [4.78, 5) is 2.19. The van der Waals surface area contributed by atoms with Crippen LogP contribution >= 0.6 is 0 Å². The molecule has 2 bridgehead atoms. The lowest BCUT2D eigenvalue weighted by Crippen LogP contribution is -2.45.